The number of nitrogens with zero attached hydrogens (tertiary/aromatic N) is 1. The van der Waals surface area contributed by atoms with Gasteiger partial charge in [0.15, 0.2) is 5.11 Å². The van der Waals surface area contributed by atoms with Crippen molar-refractivity contribution >= 4 is 34.6 Å². The van der Waals surface area contributed by atoms with E-state index in [-0.39, 0.29) is 18.5 Å². The van der Waals surface area contributed by atoms with E-state index in [2.05, 4.69) is 64.2 Å². The highest BCUT2D eigenvalue weighted by Gasteiger charge is 2.24. The summed E-state index contributed by atoms with van der Waals surface area (Å²) in [5.41, 5.74) is 1.30. The molecule has 2 N–H and O–H groups in total. The Morgan fingerprint density at radius 2 is 1.93 bits per heavy atom. The first-order valence-electron chi connectivity index (χ1n) is 11.0. The lowest BCUT2D eigenvalue weighted by Gasteiger charge is -2.36. The minimum absolute atomic E-state index is 0.00219. The number of amides is 1. The molecular formula is C24H33N3OS2. The summed E-state index contributed by atoms with van der Waals surface area (Å²) in [4.78, 5) is 16.0. The largest absolute Gasteiger partial charge is 0.353 e. The molecule has 1 saturated carbocycles. The first-order valence-corrected chi connectivity index (χ1v) is 12.3. The highest BCUT2D eigenvalue weighted by Crippen LogP contribution is 2.25. The zero-order valence-electron chi connectivity index (χ0n) is 17.8. The maximum absolute atomic E-state index is 12.4. The van der Waals surface area contributed by atoms with Crippen molar-refractivity contribution in [1.82, 2.24) is 15.5 Å². The number of aryl methyl sites for hydroxylation is 1. The number of carbonyl (C=O) groups excluding carboxylic acids is 1. The van der Waals surface area contributed by atoms with Crippen LogP contribution in [0.5, 0.6) is 0 Å². The maximum atomic E-state index is 12.4. The first kappa shape index (κ1) is 22.8. The van der Waals surface area contributed by atoms with Gasteiger partial charge in [0.05, 0.1) is 13.1 Å². The molecule has 2 aromatic rings. The number of thiophene rings is 1. The molecule has 1 heterocycles. The third-order valence-corrected chi connectivity index (χ3v) is 6.94. The van der Waals surface area contributed by atoms with Crippen LogP contribution in [-0.4, -0.2) is 34.5 Å². The van der Waals surface area contributed by atoms with Gasteiger partial charge in [-0.2, -0.15) is 0 Å². The summed E-state index contributed by atoms with van der Waals surface area (Å²) >= 11 is 7.48. The Morgan fingerprint density at radius 1 is 1.17 bits per heavy atom. The first-order chi connectivity index (χ1) is 14.6. The summed E-state index contributed by atoms with van der Waals surface area (Å²) in [6.45, 7) is 3.11. The molecule has 162 valence electrons. The lowest BCUT2D eigenvalue weighted by atomic mass is 9.94. The molecule has 1 aromatic heterocycles. The standard InChI is InChI=1S/C24H33N3OS2/c1-19(14-15-20-9-4-2-5-10-20)26-23(28)17-25-24(29)27(18-22-13-8-16-30-22)21-11-6-3-7-12-21/h2,4-5,8-10,13,16,19,21H,3,6-7,11-12,14-15,17-18H2,1H3,(H,25,29)(H,26,28)/t19-/m0/s1. The van der Waals surface area contributed by atoms with Crippen LogP contribution in [0, 0.1) is 0 Å². The van der Waals surface area contributed by atoms with Crippen LogP contribution in [0.3, 0.4) is 0 Å². The van der Waals surface area contributed by atoms with E-state index in [1.165, 1.54) is 42.5 Å². The van der Waals surface area contributed by atoms with E-state index in [4.69, 9.17) is 12.2 Å². The minimum Gasteiger partial charge on any atom is -0.353 e. The van der Waals surface area contributed by atoms with Crippen molar-refractivity contribution in [2.45, 2.75) is 70.5 Å². The molecule has 0 spiro atoms. The van der Waals surface area contributed by atoms with E-state index in [0.717, 1.165) is 19.4 Å². The molecule has 0 saturated heterocycles. The normalized spacial score (nSPS) is 15.4. The highest BCUT2D eigenvalue weighted by atomic mass is 32.1. The molecule has 30 heavy (non-hydrogen) atoms. The molecule has 1 fully saturated rings. The molecule has 1 aliphatic carbocycles. The fourth-order valence-electron chi connectivity index (χ4n) is 4.01. The van der Waals surface area contributed by atoms with Crippen molar-refractivity contribution < 1.29 is 4.79 Å². The second-order valence-corrected chi connectivity index (χ2v) is 9.57. The lowest BCUT2D eigenvalue weighted by molar-refractivity contribution is -0.120. The Balaban J connectivity index is 1.45. The molecule has 1 aliphatic rings. The Kier molecular flexibility index (Phi) is 9.15. The number of rotatable bonds is 9. The van der Waals surface area contributed by atoms with Gasteiger partial charge in [-0.3, -0.25) is 4.79 Å². The summed E-state index contributed by atoms with van der Waals surface area (Å²) in [5, 5.41) is 9.12. The number of carbonyl (C=O) groups is 1. The Labute approximate surface area is 190 Å². The number of hydrogen-bond donors (Lipinski definition) is 2. The fourth-order valence-corrected chi connectivity index (χ4v) is 5.00. The van der Waals surface area contributed by atoms with E-state index in [0.29, 0.717) is 11.2 Å². The second kappa shape index (κ2) is 12.1. The van der Waals surface area contributed by atoms with Gasteiger partial charge in [-0.05, 0) is 61.8 Å². The van der Waals surface area contributed by atoms with Gasteiger partial charge in [0.1, 0.15) is 0 Å². The van der Waals surface area contributed by atoms with Gasteiger partial charge in [0.2, 0.25) is 5.91 Å². The van der Waals surface area contributed by atoms with E-state index >= 15 is 0 Å². The van der Waals surface area contributed by atoms with Crippen molar-refractivity contribution in [3.8, 4) is 0 Å². The van der Waals surface area contributed by atoms with Crippen LogP contribution in [0.2, 0.25) is 0 Å². The van der Waals surface area contributed by atoms with E-state index in [9.17, 15) is 4.79 Å². The summed E-state index contributed by atoms with van der Waals surface area (Å²) in [7, 11) is 0. The highest BCUT2D eigenvalue weighted by molar-refractivity contribution is 7.80. The predicted molar refractivity (Wildman–Crippen MR) is 130 cm³/mol. The number of nitrogens with one attached hydrogen (secondary N) is 2. The topological polar surface area (TPSA) is 44.4 Å². The van der Waals surface area contributed by atoms with Crippen LogP contribution in [-0.2, 0) is 17.8 Å². The quantitative estimate of drug-likeness (QED) is 0.541. The molecule has 0 unspecified atom stereocenters. The Bertz CT molecular complexity index is 773. The fraction of sp³-hybridized carbons (Fsp3) is 0.500. The van der Waals surface area contributed by atoms with Crippen molar-refractivity contribution in [3.63, 3.8) is 0 Å². The third-order valence-electron chi connectivity index (χ3n) is 5.70. The van der Waals surface area contributed by atoms with Crippen LogP contribution in [0.25, 0.3) is 0 Å². The maximum Gasteiger partial charge on any atom is 0.239 e. The third kappa shape index (κ3) is 7.40. The molecule has 1 aromatic carbocycles. The number of benzene rings is 1. The van der Waals surface area contributed by atoms with E-state index in [1.54, 1.807) is 11.3 Å². The molecule has 0 aliphatic heterocycles. The van der Waals surface area contributed by atoms with Gasteiger partial charge >= 0.3 is 0 Å². The average Bonchev–Trinajstić information content (AvgIpc) is 3.29. The molecule has 4 nitrogen and oxygen atoms in total. The summed E-state index contributed by atoms with van der Waals surface area (Å²) in [6.07, 6.45) is 8.07. The van der Waals surface area contributed by atoms with Crippen LogP contribution in [0.1, 0.15) is 55.9 Å². The SMILES string of the molecule is C[C@@H](CCc1ccccc1)NC(=O)CNC(=S)N(Cc1cccs1)C1CCCCC1. The molecule has 0 bridgehead atoms. The second-order valence-electron chi connectivity index (χ2n) is 8.15. The van der Waals surface area contributed by atoms with Crippen LogP contribution in [0.4, 0.5) is 0 Å². The molecule has 1 amide bonds. The Morgan fingerprint density at radius 3 is 2.63 bits per heavy atom. The molecule has 0 radical (unpaired) electrons. The molecule has 3 rings (SSSR count). The summed E-state index contributed by atoms with van der Waals surface area (Å²) in [5.74, 6) is -0.00219. The van der Waals surface area contributed by atoms with Gasteiger partial charge < -0.3 is 15.5 Å². The monoisotopic (exact) mass is 443 g/mol. The summed E-state index contributed by atoms with van der Waals surface area (Å²) < 4.78 is 0. The van der Waals surface area contributed by atoms with Crippen LogP contribution < -0.4 is 10.6 Å². The smallest absolute Gasteiger partial charge is 0.239 e. The van der Waals surface area contributed by atoms with E-state index < -0.39 is 0 Å². The predicted octanol–water partition coefficient (Wildman–Crippen LogP) is 4.89. The van der Waals surface area contributed by atoms with Crippen molar-refractivity contribution in [3.05, 3.63) is 58.3 Å². The van der Waals surface area contributed by atoms with Gasteiger partial charge in [-0.25, -0.2) is 0 Å². The zero-order valence-corrected chi connectivity index (χ0v) is 19.4. The van der Waals surface area contributed by atoms with E-state index in [1.807, 2.05) is 6.07 Å². The molecular weight excluding hydrogens is 410 g/mol. The van der Waals surface area contributed by atoms with Gasteiger partial charge in [0.25, 0.3) is 0 Å². The Hall–Kier alpha value is -1.92. The minimum atomic E-state index is -0.00219. The van der Waals surface area contributed by atoms with Crippen molar-refractivity contribution in [2.24, 2.45) is 0 Å². The summed E-state index contributed by atoms with van der Waals surface area (Å²) in [6, 6.07) is 15.2. The lowest BCUT2D eigenvalue weighted by Crippen LogP contribution is -2.49. The van der Waals surface area contributed by atoms with Gasteiger partial charge in [-0.1, -0.05) is 55.7 Å². The molecule has 6 heteroatoms. The van der Waals surface area contributed by atoms with Crippen LogP contribution >= 0.6 is 23.6 Å². The van der Waals surface area contributed by atoms with Crippen LogP contribution in [0.15, 0.2) is 47.8 Å². The van der Waals surface area contributed by atoms with Gasteiger partial charge in [0, 0.05) is 17.0 Å². The van der Waals surface area contributed by atoms with Crippen molar-refractivity contribution in [1.29, 1.82) is 0 Å². The van der Waals surface area contributed by atoms with Crippen molar-refractivity contribution in [2.75, 3.05) is 6.54 Å². The molecule has 1 atom stereocenters. The number of hydrogen-bond acceptors (Lipinski definition) is 3. The van der Waals surface area contributed by atoms with Gasteiger partial charge in [-0.15, -0.1) is 11.3 Å². The number of thiocarbonyl (C=S) groups is 1. The average molecular weight is 444 g/mol. The zero-order chi connectivity index (χ0) is 21.2.